The molecule has 1 aromatic carbocycles. The molecule has 18 heavy (non-hydrogen) atoms. The Morgan fingerprint density at radius 2 is 1.56 bits per heavy atom. The molecule has 0 aliphatic carbocycles. The van der Waals surface area contributed by atoms with Crippen molar-refractivity contribution in [1.82, 2.24) is 4.57 Å². The first kappa shape index (κ1) is 11.2. The number of rotatable bonds is 2. The second-order valence-corrected chi connectivity index (χ2v) is 4.94. The zero-order valence-corrected chi connectivity index (χ0v) is 10.5. The summed E-state index contributed by atoms with van der Waals surface area (Å²) in [5.41, 5.74) is 7.84. The second-order valence-electron chi connectivity index (χ2n) is 4.94. The van der Waals surface area contributed by atoms with Gasteiger partial charge in [-0.05, 0) is 49.2 Å². The van der Waals surface area contributed by atoms with Crippen molar-refractivity contribution in [2.75, 3.05) is 23.7 Å². The summed E-state index contributed by atoms with van der Waals surface area (Å²) in [6.45, 7) is 2.24. The Labute approximate surface area is 108 Å². The summed E-state index contributed by atoms with van der Waals surface area (Å²) in [5.74, 6) is 0. The summed E-state index contributed by atoms with van der Waals surface area (Å²) in [5, 5.41) is 0. The predicted molar refractivity (Wildman–Crippen MR) is 75.8 cm³/mol. The number of benzene rings is 1. The molecule has 0 saturated carbocycles. The van der Waals surface area contributed by atoms with Crippen LogP contribution in [0.3, 0.4) is 0 Å². The fraction of sp³-hybridized carbons (Fsp3) is 0.333. The van der Waals surface area contributed by atoms with Crippen molar-refractivity contribution >= 4 is 11.4 Å². The minimum absolute atomic E-state index is 0.657. The number of nitrogens with zero attached hydrogens (tertiary/aromatic N) is 2. The number of hydrogen-bond acceptors (Lipinski definition) is 2. The smallest absolute Gasteiger partial charge is 0.0367 e. The van der Waals surface area contributed by atoms with E-state index in [1.54, 1.807) is 0 Å². The van der Waals surface area contributed by atoms with Crippen molar-refractivity contribution in [2.24, 2.45) is 0 Å². The van der Waals surface area contributed by atoms with Crippen molar-refractivity contribution in [3.63, 3.8) is 0 Å². The molecule has 3 heteroatoms. The monoisotopic (exact) mass is 241 g/mol. The summed E-state index contributed by atoms with van der Waals surface area (Å²) >= 11 is 0. The van der Waals surface area contributed by atoms with E-state index < -0.39 is 0 Å². The molecule has 1 aliphatic rings. The predicted octanol–water partition coefficient (Wildman–Crippen LogP) is 2.91. The highest BCUT2D eigenvalue weighted by Crippen LogP contribution is 2.26. The van der Waals surface area contributed by atoms with Gasteiger partial charge in [-0.1, -0.05) is 0 Å². The molecular weight excluding hydrogens is 222 g/mol. The zero-order chi connectivity index (χ0) is 12.4. The number of anilines is 2. The summed E-state index contributed by atoms with van der Waals surface area (Å²) in [7, 11) is 0. The van der Waals surface area contributed by atoms with Gasteiger partial charge in [0.25, 0.3) is 0 Å². The molecule has 1 fully saturated rings. The number of hydrogen-bond donors (Lipinski definition) is 1. The Kier molecular flexibility index (Phi) is 2.97. The second kappa shape index (κ2) is 4.77. The average molecular weight is 241 g/mol. The van der Waals surface area contributed by atoms with Crippen LogP contribution in [0.2, 0.25) is 0 Å². The van der Waals surface area contributed by atoms with Gasteiger partial charge in [-0.15, -0.1) is 0 Å². The van der Waals surface area contributed by atoms with Gasteiger partial charge >= 0.3 is 0 Å². The molecule has 2 aromatic rings. The molecule has 0 atom stereocenters. The highest BCUT2D eigenvalue weighted by Gasteiger charge is 2.19. The third-order valence-electron chi connectivity index (χ3n) is 3.77. The van der Waals surface area contributed by atoms with E-state index in [2.05, 4.69) is 46.1 Å². The van der Waals surface area contributed by atoms with Crippen molar-refractivity contribution < 1.29 is 0 Å². The van der Waals surface area contributed by atoms with E-state index in [4.69, 9.17) is 5.73 Å². The SMILES string of the molecule is Nc1ccc(N2CCC(n3cccc3)CC2)cc1. The van der Waals surface area contributed by atoms with E-state index in [1.165, 1.54) is 18.5 Å². The van der Waals surface area contributed by atoms with Gasteiger partial charge < -0.3 is 15.2 Å². The first-order valence-corrected chi connectivity index (χ1v) is 6.56. The Morgan fingerprint density at radius 3 is 2.17 bits per heavy atom. The highest BCUT2D eigenvalue weighted by atomic mass is 15.2. The normalized spacial score (nSPS) is 17.0. The lowest BCUT2D eigenvalue weighted by Gasteiger charge is -2.34. The molecule has 0 amide bonds. The van der Waals surface area contributed by atoms with E-state index >= 15 is 0 Å². The van der Waals surface area contributed by atoms with Gasteiger partial charge in [-0.25, -0.2) is 0 Å². The maximum absolute atomic E-state index is 5.72. The maximum Gasteiger partial charge on any atom is 0.0367 e. The Morgan fingerprint density at radius 1 is 0.944 bits per heavy atom. The lowest BCUT2D eigenvalue weighted by molar-refractivity contribution is 0.397. The molecule has 94 valence electrons. The van der Waals surface area contributed by atoms with E-state index in [-0.39, 0.29) is 0 Å². The van der Waals surface area contributed by atoms with Crippen LogP contribution in [0.15, 0.2) is 48.8 Å². The molecule has 0 spiro atoms. The standard InChI is InChI=1S/C15H19N3/c16-13-3-5-14(6-4-13)18-11-7-15(8-12-18)17-9-1-2-10-17/h1-6,9-10,15H,7-8,11-12,16H2. The number of piperidine rings is 1. The summed E-state index contributed by atoms with van der Waals surface area (Å²) in [6.07, 6.45) is 6.76. The Bertz CT molecular complexity index is 479. The van der Waals surface area contributed by atoms with Crippen molar-refractivity contribution in [2.45, 2.75) is 18.9 Å². The molecule has 0 unspecified atom stereocenters. The van der Waals surface area contributed by atoms with Crippen LogP contribution < -0.4 is 10.6 Å². The van der Waals surface area contributed by atoms with Crippen LogP contribution >= 0.6 is 0 Å². The van der Waals surface area contributed by atoms with Gasteiger partial charge in [0.1, 0.15) is 0 Å². The molecule has 2 N–H and O–H groups in total. The van der Waals surface area contributed by atoms with Crippen LogP contribution in [0, 0.1) is 0 Å². The Balaban J connectivity index is 1.65. The molecular formula is C15H19N3. The van der Waals surface area contributed by atoms with Crippen LogP contribution in [-0.2, 0) is 0 Å². The largest absolute Gasteiger partial charge is 0.399 e. The molecule has 3 nitrogen and oxygen atoms in total. The lowest BCUT2D eigenvalue weighted by atomic mass is 10.0. The summed E-state index contributed by atoms with van der Waals surface area (Å²) < 4.78 is 2.33. The number of aromatic nitrogens is 1. The molecule has 1 aromatic heterocycles. The van der Waals surface area contributed by atoms with E-state index in [0.29, 0.717) is 6.04 Å². The van der Waals surface area contributed by atoms with Gasteiger partial charge in [-0.3, -0.25) is 0 Å². The first-order chi connectivity index (χ1) is 8.83. The average Bonchev–Trinajstić information content (AvgIpc) is 2.94. The Hall–Kier alpha value is -1.90. The fourth-order valence-electron chi connectivity index (χ4n) is 2.70. The van der Waals surface area contributed by atoms with Gasteiger partial charge in [0.2, 0.25) is 0 Å². The third-order valence-corrected chi connectivity index (χ3v) is 3.77. The first-order valence-electron chi connectivity index (χ1n) is 6.56. The van der Waals surface area contributed by atoms with Gasteiger partial charge in [0.05, 0.1) is 0 Å². The molecule has 2 heterocycles. The molecule has 1 aliphatic heterocycles. The van der Waals surface area contributed by atoms with Crippen LogP contribution in [0.5, 0.6) is 0 Å². The number of nitrogens with two attached hydrogens (primary N) is 1. The number of nitrogen functional groups attached to an aromatic ring is 1. The van der Waals surface area contributed by atoms with Gasteiger partial charge in [0, 0.05) is 42.9 Å². The molecule has 0 radical (unpaired) electrons. The van der Waals surface area contributed by atoms with Crippen LogP contribution in [0.1, 0.15) is 18.9 Å². The summed E-state index contributed by atoms with van der Waals surface area (Å²) in [4.78, 5) is 2.44. The van der Waals surface area contributed by atoms with E-state index in [0.717, 1.165) is 18.8 Å². The topological polar surface area (TPSA) is 34.2 Å². The summed E-state index contributed by atoms with van der Waals surface area (Å²) in [6, 6.07) is 13.1. The molecule has 0 bridgehead atoms. The lowest BCUT2D eigenvalue weighted by Crippen LogP contribution is -2.34. The highest BCUT2D eigenvalue weighted by molar-refractivity contribution is 5.53. The van der Waals surface area contributed by atoms with E-state index in [1.807, 2.05) is 12.1 Å². The van der Waals surface area contributed by atoms with Crippen molar-refractivity contribution in [1.29, 1.82) is 0 Å². The maximum atomic E-state index is 5.72. The zero-order valence-electron chi connectivity index (χ0n) is 10.5. The van der Waals surface area contributed by atoms with E-state index in [9.17, 15) is 0 Å². The minimum Gasteiger partial charge on any atom is -0.399 e. The quantitative estimate of drug-likeness (QED) is 0.820. The third kappa shape index (κ3) is 2.21. The van der Waals surface area contributed by atoms with Gasteiger partial charge in [0.15, 0.2) is 0 Å². The minimum atomic E-state index is 0.657. The van der Waals surface area contributed by atoms with Gasteiger partial charge in [-0.2, -0.15) is 0 Å². The van der Waals surface area contributed by atoms with Crippen molar-refractivity contribution in [3.8, 4) is 0 Å². The van der Waals surface area contributed by atoms with Crippen LogP contribution in [0.4, 0.5) is 11.4 Å². The molecule has 3 rings (SSSR count). The van der Waals surface area contributed by atoms with Crippen LogP contribution in [-0.4, -0.2) is 17.7 Å². The fourth-order valence-corrected chi connectivity index (χ4v) is 2.70. The molecule has 1 saturated heterocycles. The van der Waals surface area contributed by atoms with Crippen LogP contribution in [0.25, 0.3) is 0 Å². The van der Waals surface area contributed by atoms with Crippen molar-refractivity contribution in [3.05, 3.63) is 48.8 Å².